The Morgan fingerprint density at radius 1 is 0.704 bits per heavy atom. The predicted molar refractivity (Wildman–Crippen MR) is 95.6 cm³/mol. The molecule has 0 bridgehead atoms. The van der Waals surface area contributed by atoms with Crippen LogP contribution in [0, 0.1) is 10.8 Å². The topological polar surface area (TPSA) is 143 Å². The molecule has 0 aromatic rings. The first-order valence-electron chi connectivity index (χ1n) is 8.27. The Kier molecular flexibility index (Phi) is 11.1. The second-order valence-corrected chi connectivity index (χ2v) is 6.84. The van der Waals surface area contributed by atoms with Crippen molar-refractivity contribution in [2.75, 3.05) is 52.9 Å². The van der Waals surface area contributed by atoms with Gasteiger partial charge in [0.25, 0.3) is 0 Å². The van der Waals surface area contributed by atoms with E-state index in [1.165, 1.54) is 13.8 Å². The zero-order valence-corrected chi connectivity index (χ0v) is 15.9. The number of aliphatic hydroxyl groups excluding tert-OH is 4. The molecule has 0 heterocycles. The van der Waals surface area contributed by atoms with Gasteiger partial charge in [-0.05, 0) is 13.8 Å². The highest BCUT2D eigenvalue weighted by atomic mass is 16.5. The summed E-state index contributed by atoms with van der Waals surface area (Å²) in [7, 11) is 0. The average Bonchev–Trinajstić information content (AvgIpc) is 2.66. The first kappa shape index (κ1) is 25.2. The normalized spacial score (nSPS) is 11.8. The Hall–Kier alpha value is -1.78. The van der Waals surface area contributed by atoms with Gasteiger partial charge in [-0.3, -0.25) is 0 Å². The number of esters is 2. The highest BCUT2D eigenvalue weighted by Gasteiger charge is 2.35. The molecule has 0 saturated carbocycles. The number of aliphatic hydroxyl groups is 4. The summed E-state index contributed by atoms with van der Waals surface area (Å²) >= 11 is 0. The van der Waals surface area contributed by atoms with Crippen LogP contribution in [0.4, 0.5) is 0 Å². The van der Waals surface area contributed by atoms with Crippen LogP contribution in [-0.4, -0.2) is 85.2 Å². The first-order valence-corrected chi connectivity index (χ1v) is 8.27. The molecule has 0 saturated heterocycles. The summed E-state index contributed by atoms with van der Waals surface area (Å²) in [6, 6.07) is 0. The molecule has 4 N–H and O–H groups in total. The maximum absolute atomic E-state index is 11.5. The van der Waals surface area contributed by atoms with Crippen LogP contribution in [0.15, 0.2) is 24.3 Å². The van der Waals surface area contributed by atoms with Crippen molar-refractivity contribution in [3.63, 3.8) is 0 Å². The van der Waals surface area contributed by atoms with E-state index in [0.717, 1.165) is 0 Å². The predicted octanol–water partition coefficient (Wildman–Crippen LogP) is -0.816. The molecule has 27 heavy (non-hydrogen) atoms. The van der Waals surface area contributed by atoms with Gasteiger partial charge in [0.05, 0.1) is 50.5 Å². The van der Waals surface area contributed by atoms with Crippen molar-refractivity contribution in [2.45, 2.75) is 13.8 Å². The lowest BCUT2D eigenvalue weighted by molar-refractivity contribution is -0.154. The van der Waals surface area contributed by atoms with Gasteiger partial charge in [0.15, 0.2) is 0 Å². The lowest BCUT2D eigenvalue weighted by atomic mass is 9.90. The summed E-state index contributed by atoms with van der Waals surface area (Å²) in [5.41, 5.74) is -2.23. The third-order valence-electron chi connectivity index (χ3n) is 3.87. The molecule has 0 aliphatic heterocycles. The van der Waals surface area contributed by atoms with Crippen molar-refractivity contribution < 1.29 is 44.2 Å². The van der Waals surface area contributed by atoms with E-state index in [9.17, 15) is 30.0 Å². The van der Waals surface area contributed by atoms with Gasteiger partial charge < -0.3 is 34.6 Å². The Morgan fingerprint density at radius 3 is 1.22 bits per heavy atom. The van der Waals surface area contributed by atoms with Crippen molar-refractivity contribution in [3.05, 3.63) is 24.3 Å². The molecule has 0 spiro atoms. The molecule has 0 aromatic heterocycles. The fourth-order valence-electron chi connectivity index (χ4n) is 1.72. The average molecular weight is 390 g/mol. The summed E-state index contributed by atoms with van der Waals surface area (Å²) in [4.78, 5) is 23.0. The van der Waals surface area contributed by atoms with E-state index in [2.05, 4.69) is 13.2 Å². The molecule has 9 heteroatoms. The van der Waals surface area contributed by atoms with Crippen LogP contribution in [0.5, 0.6) is 0 Å². The number of ether oxygens (including phenoxy) is 3. The van der Waals surface area contributed by atoms with Crippen molar-refractivity contribution in [1.29, 1.82) is 0 Å². The summed E-state index contributed by atoms with van der Waals surface area (Å²) in [6.07, 6.45) is 0. The van der Waals surface area contributed by atoms with Crippen LogP contribution >= 0.6 is 0 Å². The molecular weight excluding hydrogens is 360 g/mol. The maximum atomic E-state index is 11.5. The van der Waals surface area contributed by atoms with Gasteiger partial charge in [-0.2, -0.15) is 0 Å². The lowest BCUT2D eigenvalue weighted by Gasteiger charge is -2.33. The molecule has 156 valence electrons. The van der Waals surface area contributed by atoms with Crippen molar-refractivity contribution in [1.82, 2.24) is 0 Å². The monoisotopic (exact) mass is 390 g/mol. The van der Waals surface area contributed by atoms with Crippen LogP contribution in [0.2, 0.25) is 0 Å². The van der Waals surface area contributed by atoms with E-state index in [-0.39, 0.29) is 37.6 Å². The van der Waals surface area contributed by atoms with Crippen LogP contribution in [0.3, 0.4) is 0 Å². The second kappa shape index (κ2) is 11.8. The van der Waals surface area contributed by atoms with E-state index in [1.54, 1.807) is 0 Å². The molecule has 0 atom stereocenters. The van der Waals surface area contributed by atoms with Crippen LogP contribution in [-0.2, 0) is 23.8 Å². The largest absolute Gasteiger partial charge is 0.461 e. The number of carbonyl (C=O) groups is 2. The Morgan fingerprint density at radius 2 is 1.00 bits per heavy atom. The highest BCUT2D eigenvalue weighted by molar-refractivity contribution is 5.87. The molecule has 0 radical (unpaired) electrons. The SMILES string of the molecule is C=C(C)C(=O)OCC(CO)(CO)COCC(CO)(CO)COC(=O)C(=C)C. The summed E-state index contributed by atoms with van der Waals surface area (Å²) in [5.74, 6) is -1.35. The Bertz CT molecular complexity index is 473. The van der Waals surface area contributed by atoms with E-state index < -0.39 is 49.2 Å². The van der Waals surface area contributed by atoms with Gasteiger partial charge in [-0.25, -0.2) is 9.59 Å². The van der Waals surface area contributed by atoms with Gasteiger partial charge in [0.1, 0.15) is 13.2 Å². The third-order valence-corrected chi connectivity index (χ3v) is 3.87. The van der Waals surface area contributed by atoms with Gasteiger partial charge >= 0.3 is 11.9 Å². The summed E-state index contributed by atoms with van der Waals surface area (Å²) in [5, 5.41) is 38.3. The maximum Gasteiger partial charge on any atom is 0.333 e. The van der Waals surface area contributed by atoms with E-state index in [0.29, 0.717) is 0 Å². The number of hydrogen-bond donors (Lipinski definition) is 4. The molecule has 0 fully saturated rings. The van der Waals surface area contributed by atoms with Crippen molar-refractivity contribution in [3.8, 4) is 0 Å². The van der Waals surface area contributed by atoms with Gasteiger partial charge in [0.2, 0.25) is 0 Å². The Balaban J connectivity index is 4.87. The Labute approximate surface area is 158 Å². The molecule has 0 rings (SSSR count). The molecule has 9 nitrogen and oxygen atoms in total. The quantitative estimate of drug-likeness (QED) is 0.221. The molecule has 0 unspecified atom stereocenters. The van der Waals surface area contributed by atoms with Crippen LogP contribution < -0.4 is 0 Å². The number of hydrogen-bond acceptors (Lipinski definition) is 9. The fourth-order valence-corrected chi connectivity index (χ4v) is 1.72. The zero-order chi connectivity index (χ0) is 21.1. The first-order chi connectivity index (χ1) is 12.6. The number of carbonyl (C=O) groups excluding carboxylic acids is 2. The van der Waals surface area contributed by atoms with Crippen LogP contribution in [0.25, 0.3) is 0 Å². The van der Waals surface area contributed by atoms with Gasteiger partial charge in [-0.15, -0.1) is 0 Å². The van der Waals surface area contributed by atoms with E-state index in [1.807, 2.05) is 0 Å². The van der Waals surface area contributed by atoms with Gasteiger partial charge in [-0.1, -0.05) is 13.2 Å². The molecule has 0 amide bonds. The summed E-state index contributed by atoms with van der Waals surface area (Å²) < 4.78 is 15.4. The van der Waals surface area contributed by atoms with Crippen LogP contribution in [0.1, 0.15) is 13.8 Å². The molecule has 0 aliphatic carbocycles. The van der Waals surface area contributed by atoms with Gasteiger partial charge in [0, 0.05) is 11.1 Å². The van der Waals surface area contributed by atoms with Crippen molar-refractivity contribution >= 4 is 11.9 Å². The molecular formula is C18H30O9. The molecule has 0 aromatic carbocycles. The minimum atomic E-state index is -1.28. The standard InChI is InChI=1S/C18H30O9/c1-13(2)15(23)26-11-17(5-19,6-20)9-25-10-18(7-21,8-22)12-27-16(24)14(3)4/h19-22H,1,3,5-12H2,2,4H3. The van der Waals surface area contributed by atoms with E-state index in [4.69, 9.17) is 14.2 Å². The summed E-state index contributed by atoms with van der Waals surface area (Å²) in [6.45, 7) is 6.53. The molecule has 0 aliphatic rings. The minimum Gasteiger partial charge on any atom is -0.461 e. The zero-order valence-electron chi connectivity index (χ0n) is 15.9. The number of rotatable bonds is 14. The fraction of sp³-hybridized carbons (Fsp3) is 0.667. The van der Waals surface area contributed by atoms with Crippen molar-refractivity contribution in [2.24, 2.45) is 10.8 Å². The second-order valence-electron chi connectivity index (χ2n) is 6.84. The van der Waals surface area contributed by atoms with E-state index >= 15 is 0 Å². The minimum absolute atomic E-state index is 0.166. The third kappa shape index (κ3) is 8.19. The highest BCUT2D eigenvalue weighted by Crippen LogP contribution is 2.22. The smallest absolute Gasteiger partial charge is 0.333 e. The lowest BCUT2D eigenvalue weighted by Crippen LogP contribution is -2.44.